The maximum absolute atomic E-state index is 12.6. The zero-order chi connectivity index (χ0) is 17.1. The van der Waals surface area contributed by atoms with E-state index in [-0.39, 0.29) is 17.1 Å². The molecule has 2 aromatic carbocycles. The van der Waals surface area contributed by atoms with Crippen molar-refractivity contribution in [2.75, 3.05) is 17.7 Å². The molecule has 1 heterocycles. The number of thioether (sulfide) groups is 2. The quantitative estimate of drug-likeness (QED) is 0.430. The summed E-state index contributed by atoms with van der Waals surface area (Å²) in [5.74, 6) is -0.00879. The largest absolute Gasteiger partial charge is 0.337 e. The summed E-state index contributed by atoms with van der Waals surface area (Å²) in [4.78, 5) is 16.3. The van der Waals surface area contributed by atoms with Gasteiger partial charge in [-0.15, -0.1) is 11.8 Å². The second-order valence-electron chi connectivity index (χ2n) is 5.06. The molecule has 0 fully saturated rings. The van der Waals surface area contributed by atoms with E-state index in [1.807, 2.05) is 54.4 Å². The van der Waals surface area contributed by atoms with E-state index in [1.165, 1.54) is 23.5 Å². The summed E-state index contributed by atoms with van der Waals surface area (Å²) in [6.07, 6.45) is 0. The van der Waals surface area contributed by atoms with Crippen molar-refractivity contribution in [3.63, 3.8) is 0 Å². The topological polar surface area (TPSA) is 44.1 Å². The van der Waals surface area contributed by atoms with Gasteiger partial charge in [-0.05, 0) is 24.3 Å². The van der Waals surface area contributed by atoms with E-state index < -0.39 is 0 Å². The minimum absolute atomic E-state index is 0.181. The number of carbonyl (C=O) groups excluding carboxylic acids is 1. The van der Waals surface area contributed by atoms with Crippen LogP contribution in [0.3, 0.4) is 0 Å². The van der Waals surface area contributed by atoms with Crippen molar-refractivity contribution in [3.8, 4) is 6.07 Å². The Hall–Kier alpha value is -1.87. The Bertz CT molecular complexity index is 873. The molecule has 0 N–H and O–H groups in total. The lowest BCUT2D eigenvalue weighted by Crippen LogP contribution is -2.16. The Morgan fingerprint density at radius 1 is 1.25 bits per heavy atom. The van der Waals surface area contributed by atoms with Gasteiger partial charge in [0, 0.05) is 16.8 Å². The Kier molecular flexibility index (Phi) is 5.20. The van der Waals surface area contributed by atoms with E-state index in [9.17, 15) is 10.1 Å². The number of carbonyl (C=O) groups is 1. The van der Waals surface area contributed by atoms with E-state index in [1.54, 1.807) is 6.07 Å². The standard InChI is InChI=1S/C18H13ClN2OS2/c1-21-14-7-3-5-9-17(14)24-18(21)12(10-20)15(22)11-23-16-8-4-2-6-13(16)19/h2-9H,11H2,1H3/b18-12-. The van der Waals surface area contributed by atoms with Crippen LogP contribution in [-0.4, -0.2) is 18.6 Å². The number of halogens is 1. The highest BCUT2D eigenvalue weighted by atomic mass is 35.5. The third-order valence-corrected chi connectivity index (χ3v) is 6.29. The summed E-state index contributed by atoms with van der Waals surface area (Å²) in [5.41, 5.74) is 1.20. The highest BCUT2D eigenvalue weighted by Gasteiger charge is 2.27. The van der Waals surface area contributed by atoms with Gasteiger partial charge in [0.25, 0.3) is 0 Å². The zero-order valence-corrected chi connectivity index (χ0v) is 15.2. The van der Waals surface area contributed by atoms with Crippen molar-refractivity contribution in [3.05, 3.63) is 64.2 Å². The fourth-order valence-corrected chi connectivity index (χ4v) is 4.60. The SMILES string of the molecule is CN1/C(=C(\C#N)C(=O)CSc2ccccc2Cl)Sc2ccccc21. The smallest absolute Gasteiger partial charge is 0.186 e. The van der Waals surface area contributed by atoms with Crippen LogP contribution < -0.4 is 4.90 Å². The fraction of sp³-hybridized carbons (Fsp3) is 0.111. The number of benzene rings is 2. The molecular formula is C18H13ClN2OS2. The number of ketones is 1. The molecular weight excluding hydrogens is 360 g/mol. The number of Topliss-reactive ketones (excluding diaryl/α,β-unsaturated/α-hetero) is 1. The monoisotopic (exact) mass is 372 g/mol. The van der Waals surface area contributed by atoms with Crippen LogP contribution in [0.15, 0.2) is 68.9 Å². The van der Waals surface area contributed by atoms with Crippen molar-refractivity contribution >= 4 is 46.6 Å². The molecule has 0 bridgehead atoms. The molecule has 0 unspecified atom stereocenters. The van der Waals surface area contributed by atoms with E-state index in [0.717, 1.165) is 15.5 Å². The average molecular weight is 373 g/mol. The normalized spacial score (nSPS) is 15.0. The van der Waals surface area contributed by atoms with Crippen LogP contribution in [-0.2, 0) is 4.79 Å². The number of nitriles is 1. The van der Waals surface area contributed by atoms with Crippen LogP contribution in [0.4, 0.5) is 5.69 Å². The highest BCUT2D eigenvalue weighted by molar-refractivity contribution is 8.03. The number of hydrogen-bond acceptors (Lipinski definition) is 5. The van der Waals surface area contributed by atoms with Crippen molar-refractivity contribution in [2.45, 2.75) is 9.79 Å². The van der Waals surface area contributed by atoms with Crippen molar-refractivity contribution in [2.24, 2.45) is 0 Å². The summed E-state index contributed by atoms with van der Waals surface area (Å²) in [5, 5.41) is 10.8. The number of para-hydroxylation sites is 1. The summed E-state index contributed by atoms with van der Waals surface area (Å²) >= 11 is 8.92. The summed E-state index contributed by atoms with van der Waals surface area (Å²) in [7, 11) is 1.87. The maximum Gasteiger partial charge on any atom is 0.186 e. The van der Waals surface area contributed by atoms with Crippen LogP contribution in [0, 0.1) is 11.3 Å². The third-order valence-electron chi connectivity index (χ3n) is 3.54. The summed E-state index contributed by atoms with van der Waals surface area (Å²) < 4.78 is 0. The molecule has 1 aliphatic rings. The number of allylic oxidation sites excluding steroid dienone is 1. The predicted molar refractivity (Wildman–Crippen MR) is 101 cm³/mol. The second kappa shape index (κ2) is 7.35. The van der Waals surface area contributed by atoms with Gasteiger partial charge >= 0.3 is 0 Å². The molecule has 0 saturated heterocycles. The molecule has 1 aliphatic heterocycles. The molecule has 0 aliphatic carbocycles. The molecule has 3 rings (SSSR count). The molecule has 0 atom stereocenters. The molecule has 120 valence electrons. The first kappa shape index (κ1) is 17.0. The Morgan fingerprint density at radius 3 is 2.67 bits per heavy atom. The van der Waals surface area contributed by atoms with Gasteiger partial charge in [0.1, 0.15) is 16.7 Å². The lowest BCUT2D eigenvalue weighted by atomic mass is 10.2. The van der Waals surface area contributed by atoms with Gasteiger partial charge in [0.15, 0.2) is 5.78 Å². The zero-order valence-electron chi connectivity index (χ0n) is 12.8. The first-order valence-corrected chi connectivity index (χ1v) is 9.35. The first-order chi connectivity index (χ1) is 11.6. The summed E-state index contributed by atoms with van der Waals surface area (Å²) in [6.45, 7) is 0. The lowest BCUT2D eigenvalue weighted by molar-refractivity contribution is -0.112. The van der Waals surface area contributed by atoms with E-state index in [4.69, 9.17) is 11.6 Å². The number of anilines is 1. The molecule has 2 aromatic rings. The number of nitrogens with zero attached hydrogens (tertiary/aromatic N) is 2. The Morgan fingerprint density at radius 2 is 1.96 bits per heavy atom. The number of fused-ring (bicyclic) bond motifs is 1. The Labute approximate surface area is 154 Å². The Balaban J connectivity index is 1.81. The molecule has 0 spiro atoms. The molecule has 24 heavy (non-hydrogen) atoms. The predicted octanol–water partition coefficient (Wildman–Crippen LogP) is 4.98. The van der Waals surface area contributed by atoms with Crippen LogP contribution >= 0.6 is 35.1 Å². The van der Waals surface area contributed by atoms with Gasteiger partial charge in [-0.3, -0.25) is 4.79 Å². The lowest BCUT2D eigenvalue weighted by Gasteiger charge is -2.14. The van der Waals surface area contributed by atoms with Crippen LogP contribution in [0.2, 0.25) is 5.02 Å². The van der Waals surface area contributed by atoms with Crippen LogP contribution in [0.25, 0.3) is 0 Å². The molecule has 0 amide bonds. The van der Waals surface area contributed by atoms with Crippen molar-refractivity contribution in [1.82, 2.24) is 0 Å². The van der Waals surface area contributed by atoms with Crippen molar-refractivity contribution in [1.29, 1.82) is 5.26 Å². The van der Waals surface area contributed by atoms with E-state index in [0.29, 0.717) is 10.1 Å². The van der Waals surface area contributed by atoms with E-state index >= 15 is 0 Å². The highest BCUT2D eigenvalue weighted by Crippen LogP contribution is 2.46. The van der Waals surface area contributed by atoms with Gasteiger partial charge in [-0.25, -0.2) is 0 Å². The molecule has 0 saturated carbocycles. The molecule has 3 nitrogen and oxygen atoms in total. The minimum atomic E-state index is -0.190. The molecule has 6 heteroatoms. The average Bonchev–Trinajstić information content (AvgIpc) is 2.92. The number of hydrogen-bond donors (Lipinski definition) is 0. The first-order valence-electron chi connectivity index (χ1n) is 7.17. The second-order valence-corrected chi connectivity index (χ2v) is 7.52. The van der Waals surface area contributed by atoms with Gasteiger partial charge < -0.3 is 4.90 Å². The number of rotatable bonds is 4. The van der Waals surface area contributed by atoms with Gasteiger partial charge in [0.2, 0.25) is 0 Å². The third kappa shape index (κ3) is 3.32. The van der Waals surface area contributed by atoms with Gasteiger partial charge in [-0.1, -0.05) is 47.6 Å². The van der Waals surface area contributed by atoms with Gasteiger partial charge in [0.05, 0.1) is 16.5 Å². The minimum Gasteiger partial charge on any atom is -0.337 e. The fourth-order valence-electron chi connectivity index (χ4n) is 2.33. The van der Waals surface area contributed by atoms with Crippen LogP contribution in [0.1, 0.15) is 0 Å². The van der Waals surface area contributed by atoms with Crippen LogP contribution in [0.5, 0.6) is 0 Å². The van der Waals surface area contributed by atoms with E-state index in [2.05, 4.69) is 6.07 Å². The van der Waals surface area contributed by atoms with Gasteiger partial charge in [-0.2, -0.15) is 5.26 Å². The molecule has 0 radical (unpaired) electrons. The summed E-state index contributed by atoms with van der Waals surface area (Å²) in [6, 6.07) is 17.3. The van der Waals surface area contributed by atoms with Crippen molar-refractivity contribution < 1.29 is 4.79 Å². The molecule has 0 aromatic heterocycles. The maximum atomic E-state index is 12.6.